The van der Waals surface area contributed by atoms with Crippen molar-refractivity contribution in [1.29, 1.82) is 0 Å². The van der Waals surface area contributed by atoms with Crippen molar-refractivity contribution in [3.05, 3.63) is 29.6 Å². The van der Waals surface area contributed by atoms with E-state index in [9.17, 15) is 9.18 Å². The predicted octanol–water partition coefficient (Wildman–Crippen LogP) is 2.41. The van der Waals surface area contributed by atoms with E-state index in [-0.39, 0.29) is 11.7 Å². The zero-order valence-corrected chi connectivity index (χ0v) is 8.94. The van der Waals surface area contributed by atoms with Gasteiger partial charge in [-0.25, -0.2) is 4.39 Å². The van der Waals surface area contributed by atoms with Crippen molar-refractivity contribution in [1.82, 2.24) is 0 Å². The molecule has 1 N–H and O–H groups in total. The third-order valence-corrected chi connectivity index (χ3v) is 3.03. The molecule has 16 heavy (non-hydrogen) atoms. The summed E-state index contributed by atoms with van der Waals surface area (Å²) in [4.78, 5) is 11.1. The summed E-state index contributed by atoms with van der Waals surface area (Å²) in [5, 5.41) is 9.08. The van der Waals surface area contributed by atoms with Gasteiger partial charge in [0.1, 0.15) is 11.6 Å². The molecule has 2 unspecified atom stereocenters. The van der Waals surface area contributed by atoms with Crippen molar-refractivity contribution in [2.24, 2.45) is 5.92 Å². The number of carboxylic acids is 1. The molecule has 2 rings (SSSR count). The molecule has 0 spiro atoms. The van der Waals surface area contributed by atoms with Gasteiger partial charge in [-0.15, -0.1) is 0 Å². The summed E-state index contributed by atoms with van der Waals surface area (Å²) in [5.74, 6) is -1.36. The lowest BCUT2D eigenvalue weighted by Crippen LogP contribution is -2.22. The van der Waals surface area contributed by atoms with E-state index in [2.05, 4.69) is 0 Å². The lowest BCUT2D eigenvalue weighted by atomic mass is 9.86. The van der Waals surface area contributed by atoms with Crippen LogP contribution in [0.1, 0.15) is 24.8 Å². The summed E-state index contributed by atoms with van der Waals surface area (Å²) in [6.07, 6.45) is 0.513. The fourth-order valence-electron chi connectivity index (χ4n) is 2.17. The number of halogens is 1. The van der Waals surface area contributed by atoms with Crippen LogP contribution in [0.5, 0.6) is 5.75 Å². The van der Waals surface area contributed by atoms with E-state index in [0.29, 0.717) is 24.3 Å². The van der Waals surface area contributed by atoms with Crippen LogP contribution in [0.4, 0.5) is 4.39 Å². The number of carbonyl (C=O) groups is 1. The first kappa shape index (κ1) is 10.9. The molecule has 4 heteroatoms. The van der Waals surface area contributed by atoms with E-state index in [1.807, 2.05) is 6.92 Å². The smallest absolute Gasteiger partial charge is 0.307 e. The fourth-order valence-corrected chi connectivity index (χ4v) is 2.17. The Morgan fingerprint density at radius 2 is 2.44 bits per heavy atom. The van der Waals surface area contributed by atoms with Gasteiger partial charge in [0.2, 0.25) is 0 Å². The number of rotatable bonds is 3. The van der Waals surface area contributed by atoms with E-state index in [0.717, 1.165) is 0 Å². The summed E-state index contributed by atoms with van der Waals surface area (Å²) in [6.45, 7) is 2.14. The highest BCUT2D eigenvalue weighted by Crippen LogP contribution is 2.39. The van der Waals surface area contributed by atoms with E-state index < -0.39 is 11.9 Å². The van der Waals surface area contributed by atoms with Gasteiger partial charge in [0.05, 0.1) is 12.5 Å². The standard InChI is InChI=1S/C12H13FO3/c1-2-8(12(14)15)10-6-16-11-4-3-7(13)5-9(10)11/h3-5,8,10H,2,6H2,1H3,(H,14,15). The topological polar surface area (TPSA) is 46.5 Å². The second-order valence-corrected chi connectivity index (χ2v) is 3.95. The Kier molecular flexibility index (Phi) is 2.81. The first-order valence-electron chi connectivity index (χ1n) is 5.28. The number of ether oxygens (including phenoxy) is 1. The Morgan fingerprint density at radius 3 is 3.06 bits per heavy atom. The SMILES string of the molecule is CCC(C(=O)O)C1COc2ccc(F)cc21. The summed E-state index contributed by atoms with van der Waals surface area (Å²) in [5.41, 5.74) is 0.675. The molecule has 86 valence electrons. The average Bonchev–Trinajstić information content (AvgIpc) is 2.62. The molecular formula is C12H13FO3. The zero-order chi connectivity index (χ0) is 11.7. The van der Waals surface area contributed by atoms with Gasteiger partial charge < -0.3 is 9.84 Å². The van der Waals surface area contributed by atoms with Gasteiger partial charge in [-0.1, -0.05) is 6.92 Å². The molecule has 1 aromatic rings. The lowest BCUT2D eigenvalue weighted by Gasteiger charge is -2.16. The van der Waals surface area contributed by atoms with Crippen molar-refractivity contribution < 1.29 is 19.0 Å². The van der Waals surface area contributed by atoms with Crippen LogP contribution in [-0.2, 0) is 4.79 Å². The third-order valence-electron chi connectivity index (χ3n) is 3.03. The van der Waals surface area contributed by atoms with Gasteiger partial charge in [-0.3, -0.25) is 4.79 Å². The lowest BCUT2D eigenvalue weighted by molar-refractivity contribution is -0.142. The maximum atomic E-state index is 13.1. The van der Waals surface area contributed by atoms with Crippen molar-refractivity contribution in [3.63, 3.8) is 0 Å². The zero-order valence-electron chi connectivity index (χ0n) is 8.94. The van der Waals surface area contributed by atoms with Gasteiger partial charge in [0, 0.05) is 11.5 Å². The summed E-state index contributed by atoms with van der Waals surface area (Å²) in [6, 6.07) is 4.25. The van der Waals surface area contributed by atoms with Gasteiger partial charge in [0.25, 0.3) is 0 Å². The second-order valence-electron chi connectivity index (χ2n) is 3.95. The van der Waals surface area contributed by atoms with E-state index >= 15 is 0 Å². The molecule has 0 aromatic heterocycles. The molecule has 0 saturated heterocycles. The van der Waals surface area contributed by atoms with E-state index in [4.69, 9.17) is 9.84 Å². The summed E-state index contributed by atoms with van der Waals surface area (Å²) >= 11 is 0. The molecule has 1 heterocycles. The van der Waals surface area contributed by atoms with Crippen molar-refractivity contribution in [3.8, 4) is 5.75 Å². The van der Waals surface area contributed by atoms with Crippen LogP contribution in [0.3, 0.4) is 0 Å². The van der Waals surface area contributed by atoms with Crippen LogP contribution in [-0.4, -0.2) is 17.7 Å². The van der Waals surface area contributed by atoms with E-state index in [1.165, 1.54) is 12.1 Å². The van der Waals surface area contributed by atoms with Gasteiger partial charge in [-0.2, -0.15) is 0 Å². The van der Waals surface area contributed by atoms with Crippen molar-refractivity contribution in [2.45, 2.75) is 19.3 Å². The highest BCUT2D eigenvalue weighted by molar-refractivity contribution is 5.72. The molecule has 1 aliphatic heterocycles. The van der Waals surface area contributed by atoms with Gasteiger partial charge in [-0.05, 0) is 24.6 Å². The minimum absolute atomic E-state index is 0.242. The summed E-state index contributed by atoms with van der Waals surface area (Å²) in [7, 11) is 0. The van der Waals surface area contributed by atoms with Crippen LogP contribution in [0.2, 0.25) is 0 Å². The maximum absolute atomic E-state index is 13.1. The summed E-state index contributed by atoms with van der Waals surface area (Å²) < 4.78 is 18.5. The monoisotopic (exact) mass is 224 g/mol. The molecular weight excluding hydrogens is 211 g/mol. The number of fused-ring (bicyclic) bond motifs is 1. The van der Waals surface area contributed by atoms with E-state index in [1.54, 1.807) is 6.07 Å². The molecule has 0 aliphatic carbocycles. The van der Waals surface area contributed by atoms with Crippen LogP contribution in [0.25, 0.3) is 0 Å². The number of carboxylic acid groups (broad SMARTS) is 1. The number of benzene rings is 1. The minimum Gasteiger partial charge on any atom is -0.493 e. The Hall–Kier alpha value is -1.58. The largest absolute Gasteiger partial charge is 0.493 e. The van der Waals surface area contributed by atoms with Gasteiger partial charge >= 0.3 is 5.97 Å². The number of aliphatic carboxylic acids is 1. The fraction of sp³-hybridized carbons (Fsp3) is 0.417. The molecule has 2 atom stereocenters. The van der Waals surface area contributed by atoms with Crippen LogP contribution in [0.15, 0.2) is 18.2 Å². The van der Waals surface area contributed by atoms with Crippen LogP contribution in [0, 0.1) is 11.7 Å². The quantitative estimate of drug-likeness (QED) is 0.857. The molecule has 0 fully saturated rings. The minimum atomic E-state index is -0.854. The predicted molar refractivity (Wildman–Crippen MR) is 56.1 cm³/mol. The second kappa shape index (κ2) is 4.12. The van der Waals surface area contributed by atoms with Crippen molar-refractivity contribution in [2.75, 3.05) is 6.61 Å². The Morgan fingerprint density at radius 1 is 1.69 bits per heavy atom. The third kappa shape index (κ3) is 1.75. The van der Waals surface area contributed by atoms with Crippen LogP contribution >= 0.6 is 0 Å². The molecule has 1 aromatic carbocycles. The molecule has 0 amide bonds. The molecule has 3 nitrogen and oxygen atoms in total. The first-order valence-corrected chi connectivity index (χ1v) is 5.28. The number of hydrogen-bond donors (Lipinski definition) is 1. The Bertz CT molecular complexity index is 417. The molecule has 0 saturated carbocycles. The normalized spacial score (nSPS) is 20.0. The van der Waals surface area contributed by atoms with Gasteiger partial charge in [0.15, 0.2) is 0 Å². The molecule has 0 radical (unpaired) electrons. The highest BCUT2D eigenvalue weighted by Gasteiger charge is 2.34. The van der Waals surface area contributed by atoms with Crippen LogP contribution < -0.4 is 4.74 Å². The molecule has 1 aliphatic rings. The molecule has 0 bridgehead atoms. The average molecular weight is 224 g/mol. The number of hydrogen-bond acceptors (Lipinski definition) is 2. The highest BCUT2D eigenvalue weighted by atomic mass is 19.1. The maximum Gasteiger partial charge on any atom is 0.307 e. The Labute approximate surface area is 92.9 Å². The Balaban J connectivity index is 2.35. The van der Waals surface area contributed by atoms with Crippen molar-refractivity contribution >= 4 is 5.97 Å². The first-order chi connectivity index (χ1) is 7.63.